The Hall–Kier alpha value is -1.38. The SMILES string of the molecule is CC(C)c1c(F)cc(NS(=O)(=O)C(F)(F)F)cc1F. The summed E-state index contributed by atoms with van der Waals surface area (Å²) in [5, 5.41) is 0. The second-order valence-corrected chi connectivity index (χ2v) is 5.73. The summed E-state index contributed by atoms with van der Waals surface area (Å²) in [5.74, 6) is -2.77. The Morgan fingerprint density at radius 1 is 1.11 bits per heavy atom. The lowest BCUT2D eigenvalue weighted by Crippen LogP contribution is -2.30. The predicted molar refractivity (Wildman–Crippen MR) is 59.0 cm³/mol. The van der Waals surface area contributed by atoms with Crippen molar-refractivity contribution < 1.29 is 30.4 Å². The largest absolute Gasteiger partial charge is 0.516 e. The Bertz CT molecular complexity index is 557. The molecule has 1 aromatic rings. The Labute approximate surface area is 106 Å². The van der Waals surface area contributed by atoms with Gasteiger partial charge < -0.3 is 0 Å². The average molecular weight is 303 g/mol. The van der Waals surface area contributed by atoms with E-state index < -0.39 is 38.8 Å². The van der Waals surface area contributed by atoms with Gasteiger partial charge in [0.15, 0.2) is 0 Å². The van der Waals surface area contributed by atoms with Gasteiger partial charge in [-0.05, 0) is 18.1 Å². The van der Waals surface area contributed by atoms with Crippen molar-refractivity contribution in [2.75, 3.05) is 4.72 Å². The van der Waals surface area contributed by atoms with Gasteiger partial charge in [-0.25, -0.2) is 8.78 Å². The second kappa shape index (κ2) is 4.95. The van der Waals surface area contributed by atoms with Crippen molar-refractivity contribution in [3.8, 4) is 0 Å². The van der Waals surface area contributed by atoms with Crippen molar-refractivity contribution in [3.05, 3.63) is 29.3 Å². The molecule has 0 aliphatic rings. The van der Waals surface area contributed by atoms with Crippen molar-refractivity contribution in [2.45, 2.75) is 25.3 Å². The van der Waals surface area contributed by atoms with E-state index in [9.17, 15) is 30.4 Å². The molecule has 0 aromatic heterocycles. The van der Waals surface area contributed by atoms with Gasteiger partial charge in [-0.15, -0.1) is 0 Å². The second-order valence-electron chi connectivity index (χ2n) is 4.06. The van der Waals surface area contributed by atoms with E-state index in [0.29, 0.717) is 12.1 Å². The van der Waals surface area contributed by atoms with Crippen molar-refractivity contribution in [1.82, 2.24) is 0 Å². The van der Waals surface area contributed by atoms with Crippen LogP contribution in [0.1, 0.15) is 25.3 Å². The van der Waals surface area contributed by atoms with E-state index in [4.69, 9.17) is 0 Å². The number of rotatable bonds is 3. The number of nitrogens with one attached hydrogen (secondary N) is 1. The molecule has 3 nitrogen and oxygen atoms in total. The van der Waals surface area contributed by atoms with Crippen LogP contribution < -0.4 is 4.72 Å². The Kier molecular flexibility index (Phi) is 4.08. The highest BCUT2D eigenvalue weighted by Crippen LogP contribution is 2.29. The van der Waals surface area contributed by atoms with Gasteiger partial charge in [-0.2, -0.15) is 21.6 Å². The van der Waals surface area contributed by atoms with E-state index in [1.54, 1.807) is 0 Å². The molecule has 0 amide bonds. The summed E-state index contributed by atoms with van der Waals surface area (Å²) in [6, 6.07) is 1.00. The zero-order valence-electron chi connectivity index (χ0n) is 9.85. The van der Waals surface area contributed by atoms with Gasteiger partial charge in [0.2, 0.25) is 0 Å². The summed E-state index contributed by atoms with van der Waals surface area (Å²) in [4.78, 5) is 0. The van der Waals surface area contributed by atoms with Crippen LogP contribution in [0.2, 0.25) is 0 Å². The number of sulfonamides is 1. The number of alkyl halides is 3. The van der Waals surface area contributed by atoms with E-state index >= 15 is 0 Å². The van der Waals surface area contributed by atoms with Gasteiger partial charge >= 0.3 is 15.5 Å². The summed E-state index contributed by atoms with van der Waals surface area (Å²) in [6.45, 7) is 2.97. The summed E-state index contributed by atoms with van der Waals surface area (Å²) < 4.78 is 85.9. The average Bonchev–Trinajstić information content (AvgIpc) is 2.12. The van der Waals surface area contributed by atoms with Crippen LogP contribution in [-0.2, 0) is 10.0 Å². The molecule has 1 N–H and O–H groups in total. The lowest BCUT2D eigenvalue weighted by molar-refractivity contribution is -0.0429. The number of hydrogen-bond acceptors (Lipinski definition) is 2. The molecule has 0 spiro atoms. The van der Waals surface area contributed by atoms with Gasteiger partial charge in [-0.3, -0.25) is 4.72 Å². The lowest BCUT2D eigenvalue weighted by Gasteiger charge is -2.13. The number of benzene rings is 1. The summed E-state index contributed by atoms with van der Waals surface area (Å²) in [6.07, 6.45) is 0. The highest BCUT2D eigenvalue weighted by atomic mass is 32.2. The molecule has 0 unspecified atom stereocenters. The molecular formula is C10H10F5NO2S. The number of anilines is 1. The first-order chi connectivity index (χ1) is 8.45. The maximum atomic E-state index is 13.5. The minimum atomic E-state index is -5.70. The van der Waals surface area contributed by atoms with Crippen LogP contribution in [0, 0.1) is 11.6 Å². The fraction of sp³-hybridized carbons (Fsp3) is 0.400. The molecule has 0 bridgehead atoms. The van der Waals surface area contributed by atoms with Gasteiger partial charge in [0.05, 0.1) is 5.69 Å². The van der Waals surface area contributed by atoms with Crippen molar-refractivity contribution in [3.63, 3.8) is 0 Å². The molecule has 0 fully saturated rings. The van der Waals surface area contributed by atoms with Gasteiger partial charge in [-0.1, -0.05) is 13.8 Å². The lowest BCUT2D eigenvalue weighted by atomic mass is 10.0. The van der Waals surface area contributed by atoms with Gasteiger partial charge in [0.25, 0.3) is 0 Å². The summed E-state index contributed by atoms with van der Waals surface area (Å²) >= 11 is 0. The van der Waals surface area contributed by atoms with E-state index in [0.717, 1.165) is 4.72 Å². The quantitative estimate of drug-likeness (QED) is 0.870. The van der Waals surface area contributed by atoms with Crippen LogP contribution in [0.15, 0.2) is 12.1 Å². The minimum Gasteiger partial charge on any atom is -0.276 e. The Morgan fingerprint density at radius 2 is 1.53 bits per heavy atom. The molecule has 0 saturated heterocycles. The van der Waals surface area contributed by atoms with E-state index in [2.05, 4.69) is 0 Å². The maximum Gasteiger partial charge on any atom is 0.516 e. The molecule has 1 rings (SSSR count). The monoisotopic (exact) mass is 303 g/mol. The van der Waals surface area contributed by atoms with Gasteiger partial charge in [0, 0.05) is 5.56 Å². The Morgan fingerprint density at radius 3 is 1.84 bits per heavy atom. The maximum absolute atomic E-state index is 13.5. The van der Waals surface area contributed by atoms with Crippen LogP contribution in [0.4, 0.5) is 27.6 Å². The molecule has 0 radical (unpaired) electrons. The fourth-order valence-corrected chi connectivity index (χ4v) is 1.95. The zero-order chi connectivity index (χ0) is 15.0. The third-order valence-corrected chi connectivity index (χ3v) is 3.33. The number of halogens is 5. The third kappa shape index (κ3) is 3.34. The first kappa shape index (κ1) is 15.7. The summed E-state index contributed by atoms with van der Waals surface area (Å²) in [7, 11) is -5.70. The standard InChI is InChI=1S/C10H10F5NO2S/c1-5(2)9-7(11)3-6(4-8(9)12)16-19(17,18)10(13,14)15/h3-5,16H,1-2H3. The van der Waals surface area contributed by atoms with Crippen LogP contribution in [-0.4, -0.2) is 13.9 Å². The first-order valence-corrected chi connectivity index (χ1v) is 6.52. The summed E-state index contributed by atoms with van der Waals surface area (Å²) in [5.41, 5.74) is -6.71. The van der Waals surface area contributed by atoms with Crippen LogP contribution in [0.25, 0.3) is 0 Å². The molecule has 1 aromatic carbocycles. The molecule has 0 atom stereocenters. The minimum absolute atomic E-state index is 0.324. The Balaban J connectivity index is 3.20. The first-order valence-electron chi connectivity index (χ1n) is 5.03. The van der Waals surface area contributed by atoms with Crippen LogP contribution >= 0.6 is 0 Å². The molecule has 0 aliphatic carbocycles. The van der Waals surface area contributed by atoms with Crippen molar-refractivity contribution in [2.24, 2.45) is 0 Å². The van der Waals surface area contributed by atoms with Gasteiger partial charge in [0.1, 0.15) is 11.6 Å². The van der Waals surface area contributed by atoms with Crippen LogP contribution in [0.5, 0.6) is 0 Å². The van der Waals surface area contributed by atoms with Crippen molar-refractivity contribution in [1.29, 1.82) is 0 Å². The topological polar surface area (TPSA) is 46.2 Å². The molecule has 9 heteroatoms. The molecule has 0 heterocycles. The molecule has 19 heavy (non-hydrogen) atoms. The van der Waals surface area contributed by atoms with E-state index in [-0.39, 0.29) is 5.56 Å². The molecular weight excluding hydrogens is 293 g/mol. The molecule has 0 aliphatic heterocycles. The normalized spacial score (nSPS) is 12.8. The predicted octanol–water partition coefficient (Wildman–Crippen LogP) is 3.35. The molecule has 108 valence electrons. The van der Waals surface area contributed by atoms with Crippen molar-refractivity contribution >= 4 is 15.7 Å². The fourth-order valence-electron chi connectivity index (χ4n) is 1.41. The molecule has 0 saturated carbocycles. The number of hydrogen-bond donors (Lipinski definition) is 1. The van der Waals surface area contributed by atoms with E-state index in [1.165, 1.54) is 13.8 Å². The highest BCUT2D eigenvalue weighted by Gasteiger charge is 2.46. The zero-order valence-corrected chi connectivity index (χ0v) is 10.7. The van der Waals surface area contributed by atoms with Crippen LogP contribution in [0.3, 0.4) is 0 Å². The smallest absolute Gasteiger partial charge is 0.276 e. The highest BCUT2D eigenvalue weighted by molar-refractivity contribution is 7.93. The third-order valence-electron chi connectivity index (χ3n) is 2.21. The van der Waals surface area contributed by atoms with E-state index in [1.807, 2.05) is 0 Å².